The van der Waals surface area contributed by atoms with Gasteiger partial charge in [-0.2, -0.15) is 5.10 Å². The molecule has 0 saturated carbocycles. The van der Waals surface area contributed by atoms with E-state index in [0.29, 0.717) is 42.7 Å². The Balaban J connectivity index is 1.77. The summed E-state index contributed by atoms with van der Waals surface area (Å²) in [7, 11) is 3.20. The summed E-state index contributed by atoms with van der Waals surface area (Å²) in [6, 6.07) is 5.38. The van der Waals surface area contributed by atoms with Crippen molar-refractivity contribution in [2.45, 2.75) is 25.9 Å². The number of benzene rings is 1. The van der Waals surface area contributed by atoms with Crippen LogP contribution in [0.25, 0.3) is 0 Å². The number of aromatic nitrogens is 3. The van der Waals surface area contributed by atoms with Crippen molar-refractivity contribution < 1.29 is 14.3 Å². The van der Waals surface area contributed by atoms with E-state index in [9.17, 15) is 4.79 Å². The normalized spacial score (nSPS) is 15.4. The van der Waals surface area contributed by atoms with E-state index >= 15 is 0 Å². The number of ether oxygens (including phenoxy) is 2. The van der Waals surface area contributed by atoms with Crippen LogP contribution in [0.3, 0.4) is 0 Å². The lowest BCUT2D eigenvalue weighted by atomic mass is 10.1. The Kier molecular flexibility index (Phi) is 6.48. The summed E-state index contributed by atoms with van der Waals surface area (Å²) in [4.78, 5) is 19.0. The molecule has 1 aliphatic rings. The summed E-state index contributed by atoms with van der Waals surface area (Å²) in [6.07, 6.45) is 0.509. The second-order valence-electron chi connectivity index (χ2n) is 6.83. The Hall–Kier alpha value is -2.65. The van der Waals surface area contributed by atoms with Gasteiger partial charge < -0.3 is 25.4 Å². The number of nitrogens with one attached hydrogen (secondary N) is 1. The number of nitrogens with two attached hydrogens (primary N) is 1. The van der Waals surface area contributed by atoms with E-state index in [2.05, 4.69) is 15.4 Å². The van der Waals surface area contributed by atoms with Crippen LogP contribution in [0.15, 0.2) is 18.2 Å². The largest absolute Gasteiger partial charge is 0.493 e. The highest BCUT2D eigenvalue weighted by molar-refractivity contribution is 5.76. The van der Waals surface area contributed by atoms with Gasteiger partial charge in [0.15, 0.2) is 17.3 Å². The van der Waals surface area contributed by atoms with Gasteiger partial charge >= 0.3 is 0 Å². The van der Waals surface area contributed by atoms with Gasteiger partial charge in [-0.15, -0.1) is 0 Å². The highest BCUT2D eigenvalue weighted by atomic mass is 16.5. The molecule has 0 radical (unpaired) electrons. The van der Waals surface area contributed by atoms with Crippen LogP contribution >= 0.6 is 0 Å². The molecule has 0 bridgehead atoms. The third kappa shape index (κ3) is 4.60. The Labute approximate surface area is 164 Å². The minimum absolute atomic E-state index is 0.0333. The molecule has 1 atom stereocenters. The fraction of sp³-hybridized carbons (Fsp3) is 0.526. The lowest BCUT2D eigenvalue weighted by Crippen LogP contribution is -2.47. The maximum atomic E-state index is 12.6. The summed E-state index contributed by atoms with van der Waals surface area (Å²) in [5.74, 6) is 2.58. The van der Waals surface area contributed by atoms with Gasteiger partial charge in [0.05, 0.1) is 20.3 Å². The number of hydrogen-bond donors (Lipinski definition) is 2. The minimum atomic E-state index is -0.317. The molecule has 3 N–H and O–H groups in total. The second-order valence-corrected chi connectivity index (χ2v) is 6.83. The summed E-state index contributed by atoms with van der Waals surface area (Å²) >= 11 is 0. The van der Waals surface area contributed by atoms with Crippen LogP contribution in [0.1, 0.15) is 30.2 Å². The van der Waals surface area contributed by atoms with Crippen LogP contribution in [0.4, 0.5) is 0 Å². The fourth-order valence-corrected chi connectivity index (χ4v) is 3.25. The van der Waals surface area contributed by atoms with E-state index in [1.807, 2.05) is 30.0 Å². The number of methoxy groups -OCH3 is 2. The van der Waals surface area contributed by atoms with Gasteiger partial charge in [-0.05, 0) is 24.6 Å². The third-order valence-electron chi connectivity index (χ3n) is 4.72. The van der Waals surface area contributed by atoms with Crippen LogP contribution in [0.5, 0.6) is 11.5 Å². The van der Waals surface area contributed by atoms with Crippen molar-refractivity contribution in [3.63, 3.8) is 0 Å². The topological polar surface area (TPSA) is 108 Å². The molecule has 1 fully saturated rings. The summed E-state index contributed by atoms with van der Waals surface area (Å²) in [5, 5.41) is 7.79. The third-order valence-corrected chi connectivity index (χ3v) is 4.72. The SMILES string of the molecule is COc1ccc(Cc2nc([C@@H](C)N)n(CC(=O)N3CCNCC3)n2)cc1OC. The zero-order valence-electron chi connectivity index (χ0n) is 16.6. The van der Waals surface area contributed by atoms with Crippen molar-refractivity contribution in [1.29, 1.82) is 0 Å². The maximum absolute atomic E-state index is 12.6. The summed E-state index contributed by atoms with van der Waals surface area (Å²) in [6.45, 7) is 5.03. The van der Waals surface area contributed by atoms with Gasteiger partial charge in [-0.25, -0.2) is 9.67 Å². The van der Waals surface area contributed by atoms with E-state index in [0.717, 1.165) is 18.7 Å². The van der Waals surface area contributed by atoms with Crippen LogP contribution in [0.2, 0.25) is 0 Å². The molecule has 28 heavy (non-hydrogen) atoms. The first-order valence-electron chi connectivity index (χ1n) is 9.40. The monoisotopic (exact) mass is 388 g/mol. The molecule has 9 heteroatoms. The second kappa shape index (κ2) is 9.03. The van der Waals surface area contributed by atoms with Crippen LogP contribution in [0, 0.1) is 0 Å². The van der Waals surface area contributed by atoms with Crippen LogP contribution in [-0.2, 0) is 17.8 Å². The minimum Gasteiger partial charge on any atom is -0.493 e. The van der Waals surface area contributed by atoms with Crippen LogP contribution < -0.4 is 20.5 Å². The molecular formula is C19H28N6O3. The molecule has 1 saturated heterocycles. The first-order chi connectivity index (χ1) is 13.5. The van der Waals surface area contributed by atoms with Gasteiger partial charge in [0.2, 0.25) is 5.91 Å². The maximum Gasteiger partial charge on any atom is 0.244 e. The average molecular weight is 388 g/mol. The van der Waals surface area contributed by atoms with Crippen molar-refractivity contribution in [2.24, 2.45) is 5.73 Å². The average Bonchev–Trinajstić information content (AvgIpc) is 3.10. The Morgan fingerprint density at radius 3 is 2.61 bits per heavy atom. The smallest absolute Gasteiger partial charge is 0.244 e. The van der Waals surface area contributed by atoms with Gasteiger partial charge in [-0.1, -0.05) is 6.07 Å². The van der Waals surface area contributed by atoms with Gasteiger partial charge in [0, 0.05) is 32.6 Å². The first kappa shape index (κ1) is 20.1. The Bertz CT molecular complexity index is 814. The zero-order valence-corrected chi connectivity index (χ0v) is 16.6. The number of carbonyl (C=O) groups excluding carboxylic acids is 1. The fourth-order valence-electron chi connectivity index (χ4n) is 3.25. The highest BCUT2D eigenvalue weighted by Crippen LogP contribution is 2.28. The van der Waals surface area contributed by atoms with Crippen molar-refractivity contribution >= 4 is 5.91 Å². The molecular weight excluding hydrogens is 360 g/mol. The summed E-state index contributed by atoms with van der Waals surface area (Å²) in [5.41, 5.74) is 7.05. The molecule has 1 aliphatic heterocycles. The predicted octanol–water partition coefficient (Wildman–Crippen LogP) is 0.338. The molecule has 152 valence electrons. The molecule has 3 rings (SSSR count). The number of rotatable bonds is 7. The van der Waals surface area contributed by atoms with Gasteiger partial charge in [0.1, 0.15) is 12.4 Å². The number of amides is 1. The van der Waals surface area contributed by atoms with Gasteiger partial charge in [0.25, 0.3) is 0 Å². The van der Waals surface area contributed by atoms with E-state index in [1.165, 1.54) is 0 Å². The number of nitrogens with zero attached hydrogens (tertiary/aromatic N) is 4. The van der Waals surface area contributed by atoms with Crippen molar-refractivity contribution in [3.8, 4) is 11.5 Å². The molecule has 0 unspecified atom stereocenters. The standard InChI is InChI=1S/C19H28N6O3/c1-13(20)19-22-17(11-14-4-5-15(27-2)16(10-14)28-3)23-25(19)12-18(26)24-8-6-21-7-9-24/h4-5,10,13,21H,6-9,11-12,20H2,1-3H3/t13-/m1/s1. The first-order valence-corrected chi connectivity index (χ1v) is 9.40. The highest BCUT2D eigenvalue weighted by Gasteiger charge is 2.21. The lowest BCUT2D eigenvalue weighted by Gasteiger charge is -2.27. The number of piperazine rings is 1. The number of carbonyl (C=O) groups is 1. The quantitative estimate of drug-likeness (QED) is 0.704. The van der Waals surface area contributed by atoms with Gasteiger partial charge in [-0.3, -0.25) is 4.79 Å². The van der Waals surface area contributed by atoms with E-state index in [4.69, 9.17) is 15.2 Å². The van der Waals surface area contributed by atoms with Crippen molar-refractivity contribution in [2.75, 3.05) is 40.4 Å². The molecule has 1 amide bonds. The van der Waals surface area contributed by atoms with Crippen molar-refractivity contribution in [1.82, 2.24) is 25.0 Å². The van der Waals surface area contributed by atoms with Crippen LogP contribution in [-0.4, -0.2) is 66.0 Å². The molecule has 2 heterocycles. The van der Waals surface area contributed by atoms with E-state index in [1.54, 1.807) is 18.9 Å². The molecule has 1 aromatic heterocycles. The molecule has 1 aromatic carbocycles. The molecule has 0 spiro atoms. The Morgan fingerprint density at radius 1 is 1.25 bits per heavy atom. The Morgan fingerprint density at radius 2 is 1.96 bits per heavy atom. The summed E-state index contributed by atoms with van der Waals surface area (Å²) < 4.78 is 12.3. The van der Waals surface area contributed by atoms with E-state index < -0.39 is 0 Å². The molecule has 2 aromatic rings. The zero-order chi connectivity index (χ0) is 20.1. The number of hydrogen-bond acceptors (Lipinski definition) is 7. The molecule has 0 aliphatic carbocycles. The lowest BCUT2D eigenvalue weighted by molar-refractivity contribution is -0.132. The van der Waals surface area contributed by atoms with E-state index in [-0.39, 0.29) is 18.5 Å². The van der Waals surface area contributed by atoms with Crippen molar-refractivity contribution in [3.05, 3.63) is 35.4 Å². The predicted molar refractivity (Wildman–Crippen MR) is 104 cm³/mol. The molecule has 9 nitrogen and oxygen atoms in total.